The second kappa shape index (κ2) is 5.83. The lowest BCUT2D eigenvalue weighted by molar-refractivity contribution is 0.252. The molecule has 1 heterocycles. The molecule has 0 aliphatic rings. The second-order valence-corrected chi connectivity index (χ2v) is 4.79. The summed E-state index contributed by atoms with van der Waals surface area (Å²) in [5, 5.41) is 3.00. The number of halogens is 2. The number of aromatic nitrogens is 2. The van der Waals surface area contributed by atoms with Crippen LogP contribution in [0.15, 0.2) is 35.4 Å². The first-order valence-corrected chi connectivity index (χ1v) is 6.34. The highest BCUT2D eigenvalue weighted by atomic mass is 32.2. The molecule has 0 aliphatic heterocycles. The number of thioether (sulfide) groups is 1. The fourth-order valence-corrected chi connectivity index (χ4v) is 2.07. The predicted octanol–water partition coefficient (Wildman–Crippen LogP) is 3.43. The van der Waals surface area contributed by atoms with Gasteiger partial charge in [-0.3, -0.25) is 0 Å². The average Bonchev–Trinajstić information content (AvgIpc) is 2.35. The van der Waals surface area contributed by atoms with Crippen LogP contribution in [0.4, 0.5) is 26.2 Å². The van der Waals surface area contributed by atoms with Gasteiger partial charge in [-0.2, -0.15) is 13.8 Å². The molecule has 1 aromatic heterocycles. The van der Waals surface area contributed by atoms with Gasteiger partial charge >= 0.3 is 0 Å². The summed E-state index contributed by atoms with van der Waals surface area (Å²) >= 11 is 0.484. The Kier molecular flexibility index (Phi) is 4.16. The minimum Gasteiger partial charge on any atom is -0.368 e. The van der Waals surface area contributed by atoms with Gasteiger partial charge in [0, 0.05) is 16.7 Å². The molecule has 0 amide bonds. The standard InChI is InChI=1S/C12H12F2N4S/c1-7-6-16-12(15)18-10(7)17-8-4-2-3-5-9(8)19-11(13)14/h2-6,11H,1H3,(H3,15,16,17,18). The Morgan fingerprint density at radius 3 is 2.79 bits per heavy atom. The van der Waals surface area contributed by atoms with Gasteiger partial charge < -0.3 is 11.1 Å². The molecule has 1 aromatic carbocycles. The van der Waals surface area contributed by atoms with Crippen LogP contribution in [-0.2, 0) is 0 Å². The van der Waals surface area contributed by atoms with Crippen molar-refractivity contribution in [3.8, 4) is 0 Å². The quantitative estimate of drug-likeness (QED) is 0.841. The van der Waals surface area contributed by atoms with E-state index in [1.54, 1.807) is 30.5 Å². The third-order valence-electron chi connectivity index (χ3n) is 2.35. The van der Waals surface area contributed by atoms with Crippen molar-refractivity contribution < 1.29 is 8.78 Å². The summed E-state index contributed by atoms with van der Waals surface area (Å²) in [6.07, 6.45) is 1.58. The number of hydrogen-bond acceptors (Lipinski definition) is 5. The molecule has 3 N–H and O–H groups in total. The zero-order valence-electron chi connectivity index (χ0n) is 10.1. The Labute approximate surface area is 113 Å². The van der Waals surface area contributed by atoms with Crippen LogP contribution in [0.3, 0.4) is 0 Å². The van der Waals surface area contributed by atoms with Crippen molar-refractivity contribution in [3.05, 3.63) is 36.0 Å². The summed E-state index contributed by atoms with van der Waals surface area (Å²) in [7, 11) is 0. The fraction of sp³-hybridized carbons (Fsp3) is 0.167. The summed E-state index contributed by atoms with van der Waals surface area (Å²) in [6.45, 7) is 1.81. The van der Waals surface area contributed by atoms with Crippen molar-refractivity contribution in [1.82, 2.24) is 9.97 Å². The predicted molar refractivity (Wildman–Crippen MR) is 72.8 cm³/mol. The van der Waals surface area contributed by atoms with Crippen LogP contribution in [0.5, 0.6) is 0 Å². The number of benzene rings is 1. The van der Waals surface area contributed by atoms with Gasteiger partial charge in [0.2, 0.25) is 5.95 Å². The van der Waals surface area contributed by atoms with E-state index in [2.05, 4.69) is 15.3 Å². The molecule has 100 valence electrons. The Hall–Kier alpha value is -1.89. The molecule has 0 spiro atoms. The maximum Gasteiger partial charge on any atom is 0.288 e. The van der Waals surface area contributed by atoms with Crippen LogP contribution in [0.2, 0.25) is 0 Å². The summed E-state index contributed by atoms with van der Waals surface area (Å²) in [5.41, 5.74) is 6.86. The lowest BCUT2D eigenvalue weighted by atomic mass is 10.3. The molecule has 4 nitrogen and oxygen atoms in total. The molecule has 0 bridgehead atoms. The van der Waals surface area contributed by atoms with Crippen LogP contribution in [-0.4, -0.2) is 15.7 Å². The van der Waals surface area contributed by atoms with Crippen LogP contribution in [0.1, 0.15) is 5.56 Å². The van der Waals surface area contributed by atoms with Crippen LogP contribution in [0.25, 0.3) is 0 Å². The zero-order valence-corrected chi connectivity index (χ0v) is 10.9. The third-order valence-corrected chi connectivity index (χ3v) is 3.13. The van der Waals surface area contributed by atoms with Crippen LogP contribution < -0.4 is 11.1 Å². The van der Waals surface area contributed by atoms with Crippen molar-refractivity contribution >= 4 is 29.2 Å². The van der Waals surface area contributed by atoms with Gasteiger partial charge in [0.05, 0.1) is 5.69 Å². The van der Waals surface area contributed by atoms with E-state index in [4.69, 9.17) is 5.73 Å². The number of nitrogens with zero attached hydrogens (tertiary/aromatic N) is 2. The first-order valence-electron chi connectivity index (χ1n) is 5.46. The average molecular weight is 282 g/mol. The molecule has 0 atom stereocenters. The van der Waals surface area contributed by atoms with Crippen molar-refractivity contribution in [2.45, 2.75) is 17.6 Å². The molecule has 0 saturated carbocycles. The highest BCUT2D eigenvalue weighted by molar-refractivity contribution is 7.99. The number of alkyl halides is 2. The van der Waals surface area contributed by atoms with Gasteiger partial charge in [0.25, 0.3) is 5.76 Å². The number of hydrogen-bond donors (Lipinski definition) is 2. The highest BCUT2D eigenvalue weighted by Gasteiger charge is 2.11. The van der Waals surface area contributed by atoms with E-state index < -0.39 is 5.76 Å². The van der Waals surface area contributed by atoms with E-state index in [-0.39, 0.29) is 5.95 Å². The van der Waals surface area contributed by atoms with E-state index >= 15 is 0 Å². The number of nitrogens with one attached hydrogen (secondary N) is 1. The molecule has 0 radical (unpaired) electrons. The number of anilines is 3. The Bertz CT molecular complexity index is 577. The number of aryl methyl sites for hydroxylation is 1. The van der Waals surface area contributed by atoms with Crippen LogP contribution in [0, 0.1) is 6.92 Å². The van der Waals surface area contributed by atoms with E-state index in [0.29, 0.717) is 28.2 Å². The van der Waals surface area contributed by atoms with Gasteiger partial charge in [-0.25, -0.2) is 4.98 Å². The van der Waals surface area contributed by atoms with Crippen LogP contribution >= 0.6 is 11.8 Å². The van der Waals surface area contributed by atoms with Gasteiger partial charge in [-0.05, 0) is 19.1 Å². The molecule has 0 saturated heterocycles. The van der Waals surface area contributed by atoms with E-state index in [0.717, 1.165) is 5.56 Å². The maximum atomic E-state index is 12.5. The molecular formula is C12H12F2N4S. The largest absolute Gasteiger partial charge is 0.368 e. The summed E-state index contributed by atoms with van der Waals surface area (Å²) < 4.78 is 24.9. The number of nitrogens with two attached hydrogens (primary N) is 1. The van der Waals surface area contributed by atoms with Crippen molar-refractivity contribution in [2.24, 2.45) is 0 Å². The minimum absolute atomic E-state index is 0.132. The first-order chi connectivity index (χ1) is 9.06. The third kappa shape index (κ3) is 3.54. The van der Waals surface area contributed by atoms with Crippen molar-refractivity contribution in [3.63, 3.8) is 0 Å². The lowest BCUT2D eigenvalue weighted by Crippen LogP contribution is -2.02. The van der Waals surface area contributed by atoms with E-state index in [1.807, 2.05) is 6.92 Å². The van der Waals surface area contributed by atoms with Gasteiger partial charge in [0.1, 0.15) is 5.82 Å². The van der Waals surface area contributed by atoms with E-state index in [9.17, 15) is 8.78 Å². The molecule has 2 rings (SSSR count). The molecule has 2 aromatic rings. The number of para-hydroxylation sites is 1. The van der Waals surface area contributed by atoms with Crippen molar-refractivity contribution in [1.29, 1.82) is 0 Å². The maximum absolute atomic E-state index is 12.5. The Morgan fingerprint density at radius 1 is 1.32 bits per heavy atom. The number of nitrogen functional groups attached to an aromatic ring is 1. The summed E-state index contributed by atoms with van der Waals surface area (Å²) in [4.78, 5) is 8.35. The summed E-state index contributed by atoms with van der Waals surface area (Å²) in [5.74, 6) is -1.83. The van der Waals surface area contributed by atoms with E-state index in [1.165, 1.54) is 0 Å². The Balaban J connectivity index is 2.30. The fourth-order valence-electron chi connectivity index (χ4n) is 1.48. The lowest BCUT2D eigenvalue weighted by Gasteiger charge is -2.12. The highest BCUT2D eigenvalue weighted by Crippen LogP contribution is 2.33. The first kappa shape index (κ1) is 13.5. The normalized spacial score (nSPS) is 10.7. The van der Waals surface area contributed by atoms with Gasteiger partial charge in [0.15, 0.2) is 0 Å². The summed E-state index contributed by atoms with van der Waals surface area (Å²) in [6, 6.07) is 6.80. The monoisotopic (exact) mass is 282 g/mol. The molecule has 0 aliphatic carbocycles. The van der Waals surface area contributed by atoms with Gasteiger partial charge in [-0.15, -0.1) is 0 Å². The zero-order chi connectivity index (χ0) is 13.8. The van der Waals surface area contributed by atoms with Crippen molar-refractivity contribution in [2.75, 3.05) is 11.1 Å². The second-order valence-electron chi connectivity index (χ2n) is 3.76. The van der Waals surface area contributed by atoms with Gasteiger partial charge in [-0.1, -0.05) is 23.9 Å². The SMILES string of the molecule is Cc1cnc(N)nc1Nc1ccccc1SC(F)F. The number of rotatable bonds is 4. The topological polar surface area (TPSA) is 63.8 Å². The molecule has 0 fully saturated rings. The smallest absolute Gasteiger partial charge is 0.288 e. The molecule has 7 heteroatoms. The Morgan fingerprint density at radius 2 is 2.05 bits per heavy atom. The minimum atomic E-state index is -2.47. The molecule has 0 unspecified atom stereocenters. The molecule has 19 heavy (non-hydrogen) atoms. The molecular weight excluding hydrogens is 270 g/mol.